The molecule has 0 aliphatic carbocycles. The first kappa shape index (κ1) is 22.0. The molecule has 0 aromatic carbocycles. The molecule has 0 aliphatic rings. The maximum atomic E-state index is 2.65. The Morgan fingerprint density at radius 1 is 0.364 bits per heavy atom. The number of unbranched alkanes of at least 4 members (excludes halogenated alkanes) is 12. The topological polar surface area (TPSA) is 3.24 Å². The molecule has 22 heavy (non-hydrogen) atoms. The van der Waals surface area contributed by atoms with Gasteiger partial charge in [0, 0.05) is 0 Å². The van der Waals surface area contributed by atoms with Crippen LogP contribution in [0.25, 0.3) is 0 Å². The van der Waals surface area contributed by atoms with Crippen molar-refractivity contribution in [3.05, 3.63) is 0 Å². The second-order valence-corrected chi connectivity index (χ2v) is 7.08. The molecular weight excluding hydrogens is 266 g/mol. The second kappa shape index (κ2) is 19.0. The van der Waals surface area contributed by atoms with Crippen LogP contribution in [0, 0.1) is 0 Å². The zero-order valence-electron chi connectivity index (χ0n) is 16.2. The molecule has 0 saturated carbocycles. The second-order valence-electron chi connectivity index (χ2n) is 7.08. The molecule has 0 saturated heterocycles. The van der Waals surface area contributed by atoms with E-state index in [9.17, 15) is 0 Å². The fourth-order valence-electron chi connectivity index (χ4n) is 3.32. The highest BCUT2D eigenvalue weighted by molar-refractivity contribution is 4.57. The lowest BCUT2D eigenvalue weighted by Crippen LogP contribution is -2.26. The number of rotatable bonds is 18. The number of hydrogen-bond donors (Lipinski definition) is 0. The molecule has 0 rings (SSSR count). The van der Waals surface area contributed by atoms with Crippen molar-refractivity contribution in [2.45, 2.75) is 117 Å². The third kappa shape index (κ3) is 16.3. The summed E-state index contributed by atoms with van der Waals surface area (Å²) in [6.07, 6.45) is 21.5. The van der Waals surface area contributed by atoms with Gasteiger partial charge in [-0.2, -0.15) is 0 Å². The van der Waals surface area contributed by atoms with Crippen LogP contribution >= 0.6 is 0 Å². The minimum Gasteiger partial charge on any atom is -0.303 e. The molecule has 0 unspecified atom stereocenters. The van der Waals surface area contributed by atoms with Crippen LogP contribution in [0.15, 0.2) is 0 Å². The van der Waals surface area contributed by atoms with Crippen LogP contribution in [-0.4, -0.2) is 24.5 Å². The van der Waals surface area contributed by atoms with Gasteiger partial charge in [-0.3, -0.25) is 0 Å². The first-order valence-electron chi connectivity index (χ1n) is 10.6. The van der Waals surface area contributed by atoms with Crippen molar-refractivity contribution in [3.8, 4) is 0 Å². The summed E-state index contributed by atoms with van der Waals surface area (Å²) in [6, 6.07) is 0. The Morgan fingerprint density at radius 2 is 0.727 bits per heavy atom. The Balaban J connectivity index is 3.16. The lowest BCUT2D eigenvalue weighted by Gasteiger charge is -2.20. The van der Waals surface area contributed by atoms with Gasteiger partial charge in [-0.15, -0.1) is 0 Å². The molecule has 134 valence electrons. The molecule has 0 aliphatic heterocycles. The van der Waals surface area contributed by atoms with Crippen molar-refractivity contribution in [1.82, 2.24) is 4.90 Å². The largest absolute Gasteiger partial charge is 0.303 e. The summed E-state index contributed by atoms with van der Waals surface area (Å²) in [6.45, 7) is 10.8. The lowest BCUT2D eigenvalue weighted by atomic mass is 10.0. The predicted octanol–water partition coefficient (Wildman–Crippen LogP) is 7.20. The normalized spacial score (nSPS) is 11.5. The van der Waals surface area contributed by atoms with Crippen molar-refractivity contribution in [2.75, 3.05) is 19.6 Å². The van der Waals surface area contributed by atoms with E-state index in [0.29, 0.717) is 0 Å². The zero-order valence-corrected chi connectivity index (χ0v) is 16.2. The fourth-order valence-corrected chi connectivity index (χ4v) is 3.32. The lowest BCUT2D eigenvalue weighted by molar-refractivity contribution is 0.267. The van der Waals surface area contributed by atoms with Crippen molar-refractivity contribution >= 4 is 0 Å². The highest BCUT2D eigenvalue weighted by atomic mass is 15.1. The Hall–Kier alpha value is -0.0400. The zero-order chi connectivity index (χ0) is 16.3. The maximum absolute atomic E-state index is 2.65. The molecule has 1 heteroatoms. The van der Waals surface area contributed by atoms with E-state index in [1.54, 1.807) is 0 Å². The van der Waals surface area contributed by atoms with Crippen LogP contribution in [-0.2, 0) is 0 Å². The van der Waals surface area contributed by atoms with Gasteiger partial charge in [0.1, 0.15) is 0 Å². The summed E-state index contributed by atoms with van der Waals surface area (Å²) in [7, 11) is 0. The first-order valence-corrected chi connectivity index (χ1v) is 10.6. The van der Waals surface area contributed by atoms with E-state index >= 15 is 0 Å². The van der Waals surface area contributed by atoms with Crippen LogP contribution < -0.4 is 0 Å². The van der Waals surface area contributed by atoms with Crippen LogP contribution in [0.1, 0.15) is 117 Å². The molecule has 0 spiro atoms. The standard InChI is InChI=1S/C21H45N/c1-4-7-8-9-10-11-12-13-14-15-16-17-18-21-22(19-5-2)20-6-3/h4-21H2,1-3H3. The van der Waals surface area contributed by atoms with Gasteiger partial charge in [0.2, 0.25) is 0 Å². The summed E-state index contributed by atoms with van der Waals surface area (Å²) < 4.78 is 0. The Kier molecular flexibility index (Phi) is 19.0. The average molecular weight is 312 g/mol. The predicted molar refractivity (Wildman–Crippen MR) is 103 cm³/mol. The van der Waals surface area contributed by atoms with Gasteiger partial charge >= 0.3 is 0 Å². The monoisotopic (exact) mass is 311 g/mol. The van der Waals surface area contributed by atoms with E-state index in [1.165, 1.54) is 116 Å². The van der Waals surface area contributed by atoms with Crippen molar-refractivity contribution in [2.24, 2.45) is 0 Å². The number of hydrogen-bond acceptors (Lipinski definition) is 1. The molecule has 0 heterocycles. The van der Waals surface area contributed by atoms with Crippen molar-refractivity contribution in [1.29, 1.82) is 0 Å². The SMILES string of the molecule is CCCCCCCCCCCCCCCN(CCC)CCC. The first-order chi connectivity index (χ1) is 10.8. The highest BCUT2D eigenvalue weighted by Crippen LogP contribution is 2.12. The molecule has 0 aromatic heterocycles. The average Bonchev–Trinajstić information content (AvgIpc) is 2.52. The Morgan fingerprint density at radius 3 is 1.09 bits per heavy atom. The fraction of sp³-hybridized carbons (Fsp3) is 1.00. The van der Waals surface area contributed by atoms with Gasteiger partial charge in [0.15, 0.2) is 0 Å². The van der Waals surface area contributed by atoms with Gasteiger partial charge in [-0.25, -0.2) is 0 Å². The summed E-state index contributed by atoms with van der Waals surface area (Å²) in [5.41, 5.74) is 0. The quantitative estimate of drug-likeness (QED) is 0.242. The van der Waals surface area contributed by atoms with Crippen LogP contribution in [0.3, 0.4) is 0 Å². The van der Waals surface area contributed by atoms with E-state index in [4.69, 9.17) is 0 Å². The van der Waals surface area contributed by atoms with Gasteiger partial charge in [0.05, 0.1) is 0 Å². The minimum atomic E-state index is 1.30. The van der Waals surface area contributed by atoms with E-state index in [2.05, 4.69) is 25.7 Å². The van der Waals surface area contributed by atoms with Crippen LogP contribution in [0.2, 0.25) is 0 Å². The van der Waals surface area contributed by atoms with Gasteiger partial charge in [-0.05, 0) is 38.9 Å². The van der Waals surface area contributed by atoms with Gasteiger partial charge in [-0.1, -0.05) is 97.8 Å². The summed E-state index contributed by atoms with van der Waals surface area (Å²) in [5, 5.41) is 0. The van der Waals surface area contributed by atoms with Crippen molar-refractivity contribution in [3.63, 3.8) is 0 Å². The van der Waals surface area contributed by atoms with Crippen molar-refractivity contribution < 1.29 is 0 Å². The van der Waals surface area contributed by atoms with Gasteiger partial charge < -0.3 is 4.90 Å². The molecule has 0 atom stereocenters. The van der Waals surface area contributed by atoms with E-state index in [0.717, 1.165) is 0 Å². The highest BCUT2D eigenvalue weighted by Gasteiger charge is 2.01. The van der Waals surface area contributed by atoms with E-state index in [-0.39, 0.29) is 0 Å². The van der Waals surface area contributed by atoms with E-state index < -0.39 is 0 Å². The molecular formula is C21H45N. The Labute approximate surface area is 142 Å². The molecule has 0 bridgehead atoms. The summed E-state index contributed by atoms with van der Waals surface area (Å²) >= 11 is 0. The molecule has 0 amide bonds. The molecule has 0 aromatic rings. The third-order valence-corrected chi connectivity index (χ3v) is 4.66. The van der Waals surface area contributed by atoms with Gasteiger partial charge in [0.25, 0.3) is 0 Å². The minimum absolute atomic E-state index is 1.30. The molecule has 1 nitrogen and oxygen atoms in total. The third-order valence-electron chi connectivity index (χ3n) is 4.66. The van der Waals surface area contributed by atoms with Crippen LogP contribution in [0.4, 0.5) is 0 Å². The molecule has 0 fully saturated rings. The smallest absolute Gasteiger partial charge is 0.00187 e. The Bertz CT molecular complexity index is 184. The number of nitrogens with zero attached hydrogens (tertiary/aromatic N) is 1. The summed E-state index contributed by atoms with van der Waals surface area (Å²) in [4.78, 5) is 2.65. The van der Waals surface area contributed by atoms with Crippen LogP contribution in [0.5, 0.6) is 0 Å². The molecule has 0 N–H and O–H groups in total. The summed E-state index contributed by atoms with van der Waals surface area (Å²) in [5.74, 6) is 0. The molecule has 0 radical (unpaired) electrons. The van der Waals surface area contributed by atoms with E-state index in [1.807, 2.05) is 0 Å². The maximum Gasteiger partial charge on any atom is -0.00187 e.